The molecule has 2 heterocycles. The van der Waals surface area contributed by atoms with E-state index in [0.29, 0.717) is 5.56 Å². The highest BCUT2D eigenvalue weighted by Crippen LogP contribution is 2.34. The summed E-state index contributed by atoms with van der Waals surface area (Å²) in [7, 11) is -3.62. The number of nitrogens with one attached hydrogen (secondary N) is 1. The maximum Gasteiger partial charge on any atom is 0.163 e. The molecule has 2 aromatic rings. The second-order valence-corrected chi connectivity index (χ2v) is 10.4. The summed E-state index contributed by atoms with van der Waals surface area (Å²) in [5.41, 5.74) is 5.79. The van der Waals surface area contributed by atoms with Crippen LogP contribution in [0.5, 0.6) is 0 Å². The Labute approximate surface area is 169 Å². The van der Waals surface area contributed by atoms with Gasteiger partial charge in [0.1, 0.15) is 11.6 Å². The van der Waals surface area contributed by atoms with Crippen LogP contribution in [-0.2, 0) is 26.5 Å². The Morgan fingerprint density at radius 1 is 1.17 bits per heavy atom. The van der Waals surface area contributed by atoms with Gasteiger partial charge in [0.05, 0.1) is 29.3 Å². The SMILES string of the molecule is C[C@@H]1NC[C@@H](c2ccccc2)S(=O)(=O)C1Cc1cc(F)c(C2(N)COC2)cc1F. The third-order valence-electron chi connectivity index (χ3n) is 5.99. The van der Waals surface area contributed by atoms with Crippen LogP contribution in [0.4, 0.5) is 8.78 Å². The minimum Gasteiger partial charge on any atom is -0.377 e. The fourth-order valence-electron chi connectivity index (χ4n) is 4.12. The van der Waals surface area contributed by atoms with E-state index in [1.807, 2.05) is 6.07 Å². The summed E-state index contributed by atoms with van der Waals surface area (Å²) < 4.78 is 61.1. The molecule has 5 nitrogen and oxygen atoms in total. The van der Waals surface area contributed by atoms with Crippen molar-refractivity contribution in [1.82, 2.24) is 5.32 Å². The van der Waals surface area contributed by atoms with Crippen molar-refractivity contribution in [3.8, 4) is 0 Å². The van der Waals surface area contributed by atoms with Gasteiger partial charge in [0.15, 0.2) is 9.84 Å². The van der Waals surface area contributed by atoms with Gasteiger partial charge in [-0.1, -0.05) is 30.3 Å². The van der Waals surface area contributed by atoms with Crippen LogP contribution in [0.15, 0.2) is 42.5 Å². The largest absolute Gasteiger partial charge is 0.377 e. The van der Waals surface area contributed by atoms with Crippen LogP contribution in [0, 0.1) is 11.6 Å². The smallest absolute Gasteiger partial charge is 0.163 e. The molecular formula is C21H24F2N2O3S. The minimum absolute atomic E-state index is 0.0334. The van der Waals surface area contributed by atoms with E-state index < -0.39 is 37.5 Å². The van der Waals surface area contributed by atoms with Crippen LogP contribution in [-0.4, -0.2) is 39.5 Å². The van der Waals surface area contributed by atoms with Crippen molar-refractivity contribution in [3.05, 3.63) is 70.8 Å². The summed E-state index contributed by atoms with van der Waals surface area (Å²) in [5.74, 6) is -1.29. The lowest BCUT2D eigenvalue weighted by Crippen LogP contribution is -2.55. The lowest BCUT2D eigenvalue weighted by molar-refractivity contribution is -0.0586. The number of hydrogen-bond acceptors (Lipinski definition) is 5. The van der Waals surface area contributed by atoms with Gasteiger partial charge in [0.25, 0.3) is 0 Å². The van der Waals surface area contributed by atoms with Crippen LogP contribution in [0.3, 0.4) is 0 Å². The molecular weight excluding hydrogens is 398 g/mol. The van der Waals surface area contributed by atoms with E-state index in [2.05, 4.69) is 5.32 Å². The summed E-state index contributed by atoms with van der Waals surface area (Å²) in [6.45, 7) is 2.29. The zero-order chi connectivity index (χ0) is 20.8. The summed E-state index contributed by atoms with van der Waals surface area (Å²) >= 11 is 0. The zero-order valence-electron chi connectivity index (χ0n) is 16.1. The van der Waals surface area contributed by atoms with Crippen molar-refractivity contribution < 1.29 is 21.9 Å². The molecule has 29 heavy (non-hydrogen) atoms. The highest BCUT2D eigenvalue weighted by atomic mass is 32.2. The van der Waals surface area contributed by atoms with E-state index in [-0.39, 0.29) is 43.3 Å². The number of halogens is 2. The van der Waals surface area contributed by atoms with Gasteiger partial charge in [-0.2, -0.15) is 0 Å². The molecule has 156 valence electrons. The summed E-state index contributed by atoms with van der Waals surface area (Å²) in [6.07, 6.45) is -0.114. The van der Waals surface area contributed by atoms with Crippen molar-refractivity contribution in [1.29, 1.82) is 0 Å². The Balaban J connectivity index is 1.65. The average Bonchev–Trinajstić information content (AvgIpc) is 2.66. The first kappa shape index (κ1) is 20.4. The lowest BCUT2D eigenvalue weighted by atomic mass is 9.87. The first-order valence-corrected chi connectivity index (χ1v) is 11.2. The maximum absolute atomic E-state index is 14.8. The quantitative estimate of drug-likeness (QED) is 0.790. The van der Waals surface area contributed by atoms with Crippen molar-refractivity contribution in [2.45, 2.75) is 35.4 Å². The fourth-order valence-corrected chi connectivity index (χ4v) is 6.49. The number of nitrogens with two attached hydrogens (primary N) is 1. The third-order valence-corrected chi connectivity index (χ3v) is 8.64. The van der Waals surface area contributed by atoms with E-state index in [0.717, 1.165) is 12.1 Å². The van der Waals surface area contributed by atoms with Gasteiger partial charge in [-0.25, -0.2) is 17.2 Å². The molecule has 4 rings (SSSR count). The number of ether oxygens (including phenoxy) is 1. The van der Waals surface area contributed by atoms with E-state index >= 15 is 0 Å². The molecule has 0 spiro atoms. The molecule has 0 amide bonds. The van der Waals surface area contributed by atoms with E-state index in [1.165, 1.54) is 0 Å². The Morgan fingerprint density at radius 3 is 2.48 bits per heavy atom. The molecule has 2 saturated heterocycles. The normalized spacial score (nSPS) is 27.9. The van der Waals surface area contributed by atoms with Crippen LogP contribution in [0.2, 0.25) is 0 Å². The zero-order valence-corrected chi connectivity index (χ0v) is 16.9. The number of rotatable bonds is 4. The van der Waals surface area contributed by atoms with Crippen molar-refractivity contribution in [3.63, 3.8) is 0 Å². The van der Waals surface area contributed by atoms with Crippen LogP contribution < -0.4 is 11.1 Å². The third kappa shape index (κ3) is 3.59. The van der Waals surface area contributed by atoms with Gasteiger partial charge >= 0.3 is 0 Å². The first-order chi connectivity index (χ1) is 13.7. The standard InChI is InChI=1S/C21H24F2N2O3S/c1-13-19(29(26,27)20(10-25-13)14-5-3-2-4-6-14)8-15-7-18(23)16(9-17(15)22)21(24)11-28-12-21/h2-7,9,13,19-20,25H,8,10-12,24H2,1H3/t13-,19?,20-/m0/s1. The Bertz CT molecular complexity index is 1010. The second kappa shape index (κ2) is 7.43. The predicted molar refractivity (Wildman–Crippen MR) is 106 cm³/mol. The summed E-state index contributed by atoms with van der Waals surface area (Å²) in [4.78, 5) is 0. The summed E-state index contributed by atoms with van der Waals surface area (Å²) in [5, 5.41) is 1.61. The Kier molecular flexibility index (Phi) is 5.23. The Hall–Kier alpha value is -1.87. The van der Waals surface area contributed by atoms with E-state index in [9.17, 15) is 17.2 Å². The molecule has 2 fully saturated rings. The van der Waals surface area contributed by atoms with Crippen molar-refractivity contribution >= 4 is 9.84 Å². The molecule has 1 unspecified atom stereocenters. The minimum atomic E-state index is -3.62. The Morgan fingerprint density at radius 2 is 1.86 bits per heavy atom. The highest BCUT2D eigenvalue weighted by Gasteiger charge is 2.43. The maximum atomic E-state index is 14.8. The molecule has 0 saturated carbocycles. The molecule has 2 aliphatic rings. The molecule has 8 heteroatoms. The second-order valence-electron chi connectivity index (χ2n) is 8.00. The highest BCUT2D eigenvalue weighted by molar-refractivity contribution is 7.92. The molecule has 0 aliphatic carbocycles. The van der Waals surface area contributed by atoms with Gasteiger partial charge in [0.2, 0.25) is 0 Å². The molecule has 3 atom stereocenters. The topological polar surface area (TPSA) is 81.4 Å². The van der Waals surface area contributed by atoms with Gasteiger partial charge < -0.3 is 15.8 Å². The van der Waals surface area contributed by atoms with Crippen LogP contribution in [0.25, 0.3) is 0 Å². The fraction of sp³-hybridized carbons (Fsp3) is 0.429. The molecule has 3 N–H and O–H groups in total. The van der Waals surface area contributed by atoms with Gasteiger partial charge in [0, 0.05) is 18.2 Å². The monoisotopic (exact) mass is 422 g/mol. The summed E-state index contributed by atoms with van der Waals surface area (Å²) in [6, 6.07) is 10.7. The predicted octanol–water partition coefficient (Wildman–Crippen LogP) is 2.21. The molecule has 0 bridgehead atoms. The lowest BCUT2D eigenvalue weighted by Gasteiger charge is -2.38. The van der Waals surface area contributed by atoms with Gasteiger partial charge in [-0.05, 0) is 36.6 Å². The number of benzene rings is 2. The number of sulfone groups is 1. The van der Waals surface area contributed by atoms with Crippen LogP contribution in [0.1, 0.15) is 28.9 Å². The van der Waals surface area contributed by atoms with E-state index in [1.54, 1.807) is 31.2 Å². The van der Waals surface area contributed by atoms with Gasteiger partial charge in [-0.3, -0.25) is 0 Å². The molecule has 0 aromatic heterocycles. The average molecular weight is 422 g/mol. The van der Waals surface area contributed by atoms with Crippen molar-refractivity contribution in [2.75, 3.05) is 19.8 Å². The molecule has 0 radical (unpaired) electrons. The molecule has 2 aromatic carbocycles. The van der Waals surface area contributed by atoms with Crippen LogP contribution >= 0.6 is 0 Å². The first-order valence-electron chi connectivity index (χ1n) is 9.58. The number of hydrogen-bond donors (Lipinski definition) is 2. The molecule has 2 aliphatic heterocycles. The van der Waals surface area contributed by atoms with Crippen molar-refractivity contribution in [2.24, 2.45) is 5.73 Å². The van der Waals surface area contributed by atoms with E-state index in [4.69, 9.17) is 10.5 Å². The van der Waals surface area contributed by atoms with Gasteiger partial charge in [-0.15, -0.1) is 0 Å².